The number of furan rings is 1. The van der Waals surface area contributed by atoms with Crippen molar-refractivity contribution >= 4 is 104 Å². The van der Waals surface area contributed by atoms with E-state index in [-0.39, 0.29) is 39.3 Å². The number of benzene rings is 8. The van der Waals surface area contributed by atoms with Crippen LogP contribution in [0.5, 0.6) is 0 Å². The molecule has 8 aromatic carbocycles. The van der Waals surface area contributed by atoms with Gasteiger partial charge in [-0.1, -0.05) is 151 Å². The summed E-state index contributed by atoms with van der Waals surface area (Å²) >= 11 is 2.01. The van der Waals surface area contributed by atoms with Crippen LogP contribution < -0.4 is 15.7 Å². The number of hydrogen-bond acceptors (Lipinski definition) is 3. The summed E-state index contributed by atoms with van der Waals surface area (Å²) in [6.45, 7) is 31.7. The van der Waals surface area contributed by atoms with E-state index < -0.39 is 0 Å². The van der Waals surface area contributed by atoms with Gasteiger partial charge in [-0.2, -0.15) is 0 Å². The lowest BCUT2D eigenvalue weighted by Crippen LogP contribution is -2.60. The summed E-state index contributed by atoms with van der Waals surface area (Å²) in [6, 6.07) is 48.5. The maximum Gasteiger partial charge on any atom is 0.333 e. The minimum absolute atomic E-state index is 0.0100. The standard InChI is InChI=1S/C71H67BN2OS/c1-66(2,3)38-22-24-39(25-23-38)74-55-34-43-42-30-49-51(69(8,9)28-26-67(49,4)5)35-48(42)71(12,13)47(43)31-46(55)62-63-64-60(61-41-19-15-17-21-59(41)76-65(61)62)45-32-50-52(70(10,11)29-27-68(50,6)7)36-54(45)73(64)56-37-58-44(33-53(56)72(63)74)40-18-14-16-20-57(40)75-58/h14-25,30-37H,26-29H2,1-13H3. The first-order valence-corrected chi connectivity index (χ1v) is 29.1. The fraction of sp³-hybridized carbons (Fsp3) is 0.324. The zero-order valence-corrected chi connectivity index (χ0v) is 47.5. The van der Waals surface area contributed by atoms with Gasteiger partial charge in [0.25, 0.3) is 0 Å². The molecular weight excluding hydrogens is 940 g/mol. The molecule has 5 heterocycles. The molecule has 76 heavy (non-hydrogen) atoms. The first-order chi connectivity index (χ1) is 36.0. The second-order valence-corrected chi connectivity index (χ2v) is 29.2. The van der Waals surface area contributed by atoms with Crippen molar-refractivity contribution in [2.75, 3.05) is 4.81 Å². The third kappa shape index (κ3) is 5.66. The van der Waals surface area contributed by atoms with Crippen molar-refractivity contribution in [1.82, 2.24) is 4.57 Å². The van der Waals surface area contributed by atoms with Crippen molar-refractivity contribution < 1.29 is 4.42 Å². The Hall–Kier alpha value is -6.56. The fourth-order valence-electron chi connectivity index (χ4n) is 15.7. The van der Waals surface area contributed by atoms with Crippen LogP contribution in [0.2, 0.25) is 0 Å². The average Bonchev–Trinajstić information content (AvgIpc) is 4.31. The predicted octanol–water partition coefficient (Wildman–Crippen LogP) is 18.6. The van der Waals surface area contributed by atoms with Crippen molar-refractivity contribution in [1.29, 1.82) is 0 Å². The molecule has 16 rings (SSSR count). The quantitative estimate of drug-likeness (QED) is 0.153. The molecule has 0 bridgehead atoms. The van der Waals surface area contributed by atoms with Crippen LogP contribution in [0.3, 0.4) is 0 Å². The van der Waals surface area contributed by atoms with Gasteiger partial charge in [-0.25, -0.2) is 0 Å². The highest BCUT2D eigenvalue weighted by Gasteiger charge is 2.50. The number of rotatable bonds is 1. The van der Waals surface area contributed by atoms with Gasteiger partial charge in [0, 0.05) is 81.4 Å². The number of nitrogens with zero attached hydrogens (tertiary/aromatic N) is 2. The summed E-state index contributed by atoms with van der Waals surface area (Å²) in [4.78, 5) is 2.78. The van der Waals surface area contributed by atoms with Gasteiger partial charge in [-0.05, 0) is 168 Å². The molecule has 5 aliphatic rings. The van der Waals surface area contributed by atoms with Crippen molar-refractivity contribution in [2.45, 2.75) is 148 Å². The molecule has 0 amide bonds. The molecule has 376 valence electrons. The Morgan fingerprint density at radius 2 is 1.11 bits per heavy atom. The summed E-state index contributed by atoms with van der Waals surface area (Å²) in [5, 5.41) is 7.83. The number of anilines is 2. The molecule has 0 unspecified atom stereocenters. The van der Waals surface area contributed by atoms with Crippen LogP contribution in [0.15, 0.2) is 126 Å². The van der Waals surface area contributed by atoms with Crippen LogP contribution in [-0.4, -0.2) is 11.4 Å². The number of hydrogen-bond donors (Lipinski definition) is 0. The molecule has 3 nitrogen and oxygen atoms in total. The molecule has 0 spiro atoms. The lowest BCUT2D eigenvalue weighted by molar-refractivity contribution is 0.331. The van der Waals surface area contributed by atoms with Gasteiger partial charge in [0.1, 0.15) is 11.2 Å². The third-order valence-corrected chi connectivity index (χ3v) is 21.6. The normalized spacial score (nSPS) is 18.9. The predicted molar refractivity (Wildman–Crippen MR) is 327 cm³/mol. The van der Waals surface area contributed by atoms with E-state index in [0.29, 0.717) is 0 Å². The van der Waals surface area contributed by atoms with Crippen LogP contribution in [0.4, 0.5) is 11.4 Å². The maximum absolute atomic E-state index is 6.92. The van der Waals surface area contributed by atoms with Crippen molar-refractivity contribution in [3.05, 3.63) is 160 Å². The Balaban J connectivity index is 1.12. The lowest BCUT2D eigenvalue weighted by Gasteiger charge is -2.43. The molecule has 0 radical (unpaired) electrons. The highest BCUT2D eigenvalue weighted by molar-refractivity contribution is 7.27. The second kappa shape index (κ2) is 14.1. The number of para-hydroxylation sites is 1. The van der Waals surface area contributed by atoms with Gasteiger partial charge in [0.15, 0.2) is 0 Å². The molecule has 0 N–H and O–H groups in total. The van der Waals surface area contributed by atoms with E-state index in [9.17, 15) is 0 Å². The maximum atomic E-state index is 6.92. The topological polar surface area (TPSA) is 21.3 Å². The Bertz CT molecular complexity index is 4480. The smallest absolute Gasteiger partial charge is 0.333 e. The first-order valence-electron chi connectivity index (χ1n) is 28.3. The Kier molecular flexibility index (Phi) is 8.48. The van der Waals surface area contributed by atoms with Crippen molar-refractivity contribution in [2.24, 2.45) is 0 Å². The number of fused-ring (bicyclic) bond motifs is 21. The van der Waals surface area contributed by atoms with Gasteiger partial charge >= 0.3 is 6.85 Å². The van der Waals surface area contributed by atoms with E-state index >= 15 is 0 Å². The highest BCUT2D eigenvalue weighted by atomic mass is 32.1. The SMILES string of the molecule is CC(C)(C)c1ccc(N2B3c4cc5c(cc4-n4c6cc7c(cc6c6c8c(sc9ccccc98)c(c3c64)-c3cc4c(cc32)-c2cc3c(cc2C4(C)C)C(C)(C)CCC3(C)C)C(C)(C)CCC7(C)C)oc2ccccc25)cc1. The van der Waals surface area contributed by atoms with E-state index in [0.717, 1.165) is 23.0 Å². The van der Waals surface area contributed by atoms with Crippen LogP contribution in [0, 0.1) is 0 Å². The Morgan fingerprint density at radius 3 is 1.80 bits per heavy atom. The molecule has 0 fully saturated rings. The minimum Gasteiger partial charge on any atom is -0.456 e. The van der Waals surface area contributed by atoms with E-state index in [1.54, 1.807) is 0 Å². The van der Waals surface area contributed by atoms with Gasteiger partial charge < -0.3 is 13.8 Å². The zero-order chi connectivity index (χ0) is 52.3. The van der Waals surface area contributed by atoms with Crippen molar-refractivity contribution in [3.8, 4) is 27.9 Å². The van der Waals surface area contributed by atoms with E-state index in [1.165, 1.54) is 156 Å². The summed E-state index contributed by atoms with van der Waals surface area (Å²) in [5.41, 5.74) is 26.9. The largest absolute Gasteiger partial charge is 0.456 e. The zero-order valence-electron chi connectivity index (χ0n) is 46.7. The molecule has 2 aliphatic heterocycles. The molecule has 0 saturated carbocycles. The van der Waals surface area contributed by atoms with Gasteiger partial charge in [-0.15, -0.1) is 11.3 Å². The van der Waals surface area contributed by atoms with Gasteiger partial charge in [0.05, 0.1) is 11.0 Å². The molecule has 3 aliphatic carbocycles. The van der Waals surface area contributed by atoms with Crippen molar-refractivity contribution in [3.63, 3.8) is 0 Å². The van der Waals surface area contributed by atoms with Crippen LogP contribution in [0.1, 0.15) is 155 Å². The van der Waals surface area contributed by atoms with Gasteiger partial charge in [-0.3, -0.25) is 0 Å². The second-order valence-electron chi connectivity index (χ2n) is 28.2. The van der Waals surface area contributed by atoms with E-state index in [4.69, 9.17) is 4.42 Å². The van der Waals surface area contributed by atoms with Crippen LogP contribution >= 0.6 is 11.3 Å². The van der Waals surface area contributed by atoms with Gasteiger partial charge in [0.2, 0.25) is 0 Å². The van der Waals surface area contributed by atoms with E-state index in [1.807, 2.05) is 11.3 Å². The summed E-state index contributed by atoms with van der Waals surface area (Å²) in [5.74, 6) is 0. The Morgan fingerprint density at radius 1 is 0.513 bits per heavy atom. The van der Waals surface area contributed by atoms with Crippen LogP contribution in [0.25, 0.3) is 91.9 Å². The van der Waals surface area contributed by atoms with E-state index in [2.05, 4.69) is 221 Å². The molecule has 0 atom stereocenters. The molecular formula is C71H67BN2OS. The number of aromatic nitrogens is 1. The third-order valence-electron chi connectivity index (χ3n) is 20.4. The number of thiophene rings is 1. The summed E-state index contributed by atoms with van der Waals surface area (Å²) < 4.78 is 12.4. The highest BCUT2D eigenvalue weighted by Crippen LogP contribution is 2.60. The fourth-order valence-corrected chi connectivity index (χ4v) is 17.0. The summed E-state index contributed by atoms with van der Waals surface area (Å²) in [6.07, 6.45) is 4.72. The monoisotopic (exact) mass is 1010 g/mol. The summed E-state index contributed by atoms with van der Waals surface area (Å²) in [7, 11) is 0. The average molecular weight is 1010 g/mol. The molecule has 0 saturated heterocycles. The first kappa shape index (κ1) is 45.6. The minimum atomic E-state index is -0.211. The molecule has 3 aromatic heterocycles. The lowest BCUT2D eigenvalue weighted by atomic mass is 9.43. The molecule has 5 heteroatoms. The van der Waals surface area contributed by atoms with Crippen LogP contribution in [-0.2, 0) is 32.5 Å². The Labute approximate surface area is 452 Å². The molecule has 11 aromatic rings.